The SMILES string of the molecule is CC1CC(Sc2ncccn2)C(N)c2ccccc21. The second-order valence-electron chi connectivity index (χ2n) is 4.98. The molecule has 3 nitrogen and oxygen atoms in total. The van der Waals surface area contributed by atoms with Crippen LogP contribution in [0.3, 0.4) is 0 Å². The van der Waals surface area contributed by atoms with Crippen LogP contribution in [-0.4, -0.2) is 15.2 Å². The minimum absolute atomic E-state index is 0.0567. The molecule has 0 bridgehead atoms. The van der Waals surface area contributed by atoms with Gasteiger partial charge in [0.1, 0.15) is 0 Å². The summed E-state index contributed by atoms with van der Waals surface area (Å²) in [5, 5.41) is 1.15. The van der Waals surface area contributed by atoms with E-state index in [4.69, 9.17) is 5.73 Å². The molecule has 0 saturated heterocycles. The van der Waals surface area contributed by atoms with Gasteiger partial charge < -0.3 is 5.73 Å². The van der Waals surface area contributed by atoms with E-state index in [2.05, 4.69) is 41.2 Å². The van der Waals surface area contributed by atoms with Gasteiger partial charge in [-0.15, -0.1) is 0 Å². The highest BCUT2D eigenvalue weighted by atomic mass is 32.2. The second-order valence-corrected chi connectivity index (χ2v) is 6.19. The Hall–Kier alpha value is -1.39. The Morgan fingerprint density at radius 2 is 1.79 bits per heavy atom. The van der Waals surface area contributed by atoms with Crippen LogP contribution in [0.5, 0.6) is 0 Å². The molecule has 2 aromatic rings. The Bertz CT molecular complexity index is 558. The molecule has 1 aromatic heterocycles. The fourth-order valence-electron chi connectivity index (χ4n) is 2.69. The van der Waals surface area contributed by atoms with E-state index in [-0.39, 0.29) is 6.04 Å². The van der Waals surface area contributed by atoms with E-state index in [1.807, 2.05) is 6.07 Å². The molecule has 1 heterocycles. The largest absolute Gasteiger partial charge is 0.323 e. The van der Waals surface area contributed by atoms with Crippen LogP contribution in [-0.2, 0) is 0 Å². The van der Waals surface area contributed by atoms with Crippen LogP contribution in [0.25, 0.3) is 0 Å². The fraction of sp³-hybridized carbons (Fsp3) is 0.333. The molecule has 98 valence electrons. The Morgan fingerprint density at radius 3 is 2.53 bits per heavy atom. The van der Waals surface area contributed by atoms with E-state index in [0.717, 1.165) is 11.6 Å². The molecule has 1 aromatic carbocycles. The molecule has 0 radical (unpaired) electrons. The lowest BCUT2D eigenvalue weighted by Crippen LogP contribution is -2.31. The molecular formula is C15H17N3S. The third-order valence-corrected chi connectivity index (χ3v) is 4.88. The third-order valence-electron chi connectivity index (χ3n) is 3.67. The Balaban J connectivity index is 1.86. The van der Waals surface area contributed by atoms with Gasteiger partial charge in [-0.05, 0) is 29.5 Å². The first kappa shape index (κ1) is 12.6. The average Bonchev–Trinajstić information content (AvgIpc) is 2.46. The predicted molar refractivity (Wildman–Crippen MR) is 78.1 cm³/mol. The summed E-state index contributed by atoms with van der Waals surface area (Å²) in [4.78, 5) is 8.57. The van der Waals surface area contributed by atoms with Crippen molar-refractivity contribution in [3.63, 3.8) is 0 Å². The molecule has 1 aliphatic rings. The van der Waals surface area contributed by atoms with Crippen LogP contribution < -0.4 is 5.73 Å². The van der Waals surface area contributed by atoms with Crippen molar-refractivity contribution in [2.24, 2.45) is 5.73 Å². The Labute approximate surface area is 117 Å². The van der Waals surface area contributed by atoms with Crippen LogP contribution in [0.15, 0.2) is 47.9 Å². The van der Waals surface area contributed by atoms with Crippen LogP contribution in [0, 0.1) is 0 Å². The van der Waals surface area contributed by atoms with E-state index in [1.54, 1.807) is 24.2 Å². The van der Waals surface area contributed by atoms with Gasteiger partial charge in [0.15, 0.2) is 5.16 Å². The molecule has 0 saturated carbocycles. The smallest absolute Gasteiger partial charge is 0.187 e. The minimum Gasteiger partial charge on any atom is -0.323 e. The van der Waals surface area contributed by atoms with Gasteiger partial charge in [0, 0.05) is 23.7 Å². The minimum atomic E-state index is 0.0567. The van der Waals surface area contributed by atoms with E-state index >= 15 is 0 Å². The maximum Gasteiger partial charge on any atom is 0.187 e. The lowest BCUT2D eigenvalue weighted by Gasteiger charge is -2.34. The summed E-state index contributed by atoms with van der Waals surface area (Å²) in [6.45, 7) is 2.27. The summed E-state index contributed by atoms with van der Waals surface area (Å²) in [6, 6.07) is 10.4. The van der Waals surface area contributed by atoms with Crippen molar-refractivity contribution in [1.29, 1.82) is 0 Å². The van der Waals surface area contributed by atoms with Crippen molar-refractivity contribution < 1.29 is 0 Å². The highest BCUT2D eigenvalue weighted by Crippen LogP contribution is 2.42. The van der Waals surface area contributed by atoms with Gasteiger partial charge in [0.2, 0.25) is 0 Å². The van der Waals surface area contributed by atoms with Gasteiger partial charge in [0.05, 0.1) is 0 Å². The summed E-state index contributed by atoms with van der Waals surface area (Å²) >= 11 is 1.69. The van der Waals surface area contributed by atoms with E-state index < -0.39 is 0 Å². The maximum absolute atomic E-state index is 6.42. The number of rotatable bonds is 2. The number of nitrogens with two attached hydrogens (primary N) is 1. The summed E-state index contributed by atoms with van der Waals surface area (Å²) in [7, 11) is 0. The lowest BCUT2D eigenvalue weighted by atomic mass is 9.81. The van der Waals surface area contributed by atoms with Crippen LogP contribution >= 0.6 is 11.8 Å². The summed E-state index contributed by atoms with van der Waals surface area (Å²) in [6.07, 6.45) is 4.63. The fourth-order valence-corrected chi connectivity index (χ4v) is 3.88. The highest BCUT2D eigenvalue weighted by molar-refractivity contribution is 7.99. The summed E-state index contributed by atoms with van der Waals surface area (Å²) in [5.41, 5.74) is 9.09. The standard InChI is InChI=1S/C15H17N3S/c1-10-9-13(19-15-17-7-4-8-18-15)14(16)12-6-3-2-5-11(10)12/h2-8,10,13-14H,9,16H2,1H3. The predicted octanol–water partition coefficient (Wildman–Crippen LogP) is 3.14. The van der Waals surface area contributed by atoms with E-state index in [9.17, 15) is 0 Å². The summed E-state index contributed by atoms with van der Waals surface area (Å²) in [5.74, 6) is 0.539. The number of hydrogen-bond acceptors (Lipinski definition) is 4. The van der Waals surface area contributed by atoms with E-state index in [1.165, 1.54) is 11.1 Å². The van der Waals surface area contributed by atoms with Crippen molar-refractivity contribution in [3.8, 4) is 0 Å². The third kappa shape index (κ3) is 2.51. The zero-order valence-electron chi connectivity index (χ0n) is 10.9. The van der Waals surface area contributed by atoms with Crippen molar-refractivity contribution in [3.05, 3.63) is 53.9 Å². The molecule has 0 amide bonds. The van der Waals surface area contributed by atoms with Crippen molar-refractivity contribution in [2.45, 2.75) is 35.7 Å². The molecule has 4 heteroatoms. The first-order valence-corrected chi connectivity index (χ1v) is 7.41. The molecule has 3 atom stereocenters. The average molecular weight is 271 g/mol. The maximum atomic E-state index is 6.42. The second kappa shape index (κ2) is 5.31. The summed E-state index contributed by atoms with van der Waals surface area (Å²) < 4.78 is 0. The van der Waals surface area contributed by atoms with Gasteiger partial charge in [-0.25, -0.2) is 9.97 Å². The number of aromatic nitrogens is 2. The van der Waals surface area contributed by atoms with Gasteiger partial charge in [0.25, 0.3) is 0 Å². The molecule has 2 N–H and O–H groups in total. The molecule has 0 fully saturated rings. The van der Waals surface area contributed by atoms with Gasteiger partial charge >= 0.3 is 0 Å². The molecule has 3 rings (SSSR count). The monoisotopic (exact) mass is 271 g/mol. The van der Waals surface area contributed by atoms with Crippen LogP contribution in [0.1, 0.15) is 36.4 Å². The highest BCUT2D eigenvalue weighted by Gasteiger charge is 2.31. The first-order chi connectivity index (χ1) is 9.25. The molecule has 0 spiro atoms. The van der Waals surface area contributed by atoms with Crippen LogP contribution in [0.2, 0.25) is 0 Å². The lowest BCUT2D eigenvalue weighted by molar-refractivity contribution is 0.526. The van der Waals surface area contributed by atoms with Crippen molar-refractivity contribution >= 4 is 11.8 Å². The van der Waals surface area contributed by atoms with Gasteiger partial charge in [-0.2, -0.15) is 0 Å². The Kier molecular flexibility index (Phi) is 3.53. The normalized spacial score (nSPS) is 25.9. The topological polar surface area (TPSA) is 51.8 Å². The quantitative estimate of drug-likeness (QED) is 0.853. The Morgan fingerprint density at radius 1 is 1.11 bits per heavy atom. The number of fused-ring (bicyclic) bond motifs is 1. The van der Waals surface area contributed by atoms with Gasteiger partial charge in [-0.1, -0.05) is 43.0 Å². The molecule has 1 aliphatic carbocycles. The van der Waals surface area contributed by atoms with Gasteiger partial charge in [-0.3, -0.25) is 0 Å². The number of hydrogen-bond donors (Lipinski definition) is 1. The number of benzene rings is 1. The number of thioether (sulfide) groups is 1. The van der Waals surface area contributed by atoms with Crippen molar-refractivity contribution in [1.82, 2.24) is 9.97 Å². The first-order valence-electron chi connectivity index (χ1n) is 6.54. The van der Waals surface area contributed by atoms with E-state index in [0.29, 0.717) is 11.2 Å². The zero-order valence-corrected chi connectivity index (χ0v) is 11.7. The molecular weight excluding hydrogens is 254 g/mol. The molecule has 0 aliphatic heterocycles. The molecule has 3 unspecified atom stereocenters. The zero-order chi connectivity index (χ0) is 13.2. The van der Waals surface area contributed by atoms with Crippen LogP contribution in [0.4, 0.5) is 0 Å². The molecule has 19 heavy (non-hydrogen) atoms. The number of nitrogens with zero attached hydrogens (tertiary/aromatic N) is 2. The van der Waals surface area contributed by atoms with Crippen molar-refractivity contribution in [2.75, 3.05) is 0 Å².